The fourth-order valence-corrected chi connectivity index (χ4v) is 12.2. The van der Waals surface area contributed by atoms with Crippen LogP contribution in [0.4, 0.5) is 11.9 Å². The van der Waals surface area contributed by atoms with Crippen LogP contribution in [0.1, 0.15) is 5.56 Å². The summed E-state index contributed by atoms with van der Waals surface area (Å²) >= 11 is 0. The van der Waals surface area contributed by atoms with Gasteiger partial charge >= 0.3 is 59.1 Å². The Morgan fingerprint density at radius 1 is 0.427 bits per heavy atom. The van der Waals surface area contributed by atoms with Gasteiger partial charge in [-0.2, -0.15) is 19.9 Å². The van der Waals surface area contributed by atoms with Crippen molar-refractivity contribution in [3.05, 3.63) is 247 Å². The van der Waals surface area contributed by atoms with Gasteiger partial charge in [-0.15, -0.1) is 0 Å². The smallest absolute Gasteiger partial charge is 0.747 e. The molecule has 2 N–H and O–H groups in total. The minimum absolute atomic E-state index is 0. The Balaban J connectivity index is 0.00000376. The number of anilines is 2. The number of nitrogens with one attached hydrogen (secondary N) is 2. The van der Waals surface area contributed by atoms with Crippen LogP contribution in [-0.4, -0.2) is 56.8 Å². The Morgan fingerprint density at radius 2 is 0.756 bits per heavy atom. The van der Waals surface area contributed by atoms with Crippen molar-refractivity contribution in [2.24, 2.45) is 0 Å². The Morgan fingerprint density at radius 3 is 1.10 bits per heavy atom. The van der Waals surface area contributed by atoms with Gasteiger partial charge < -0.3 is 38.7 Å². The Hall–Kier alpha value is -7.98. The molecule has 1 unspecified atom stereocenters. The number of fused-ring (bicyclic) bond motifs is 4. The topological polar surface area (TPSA) is 227 Å². The second-order valence-electron chi connectivity index (χ2n) is 18.4. The summed E-state index contributed by atoms with van der Waals surface area (Å²) in [6, 6.07) is 63.0. The van der Waals surface area contributed by atoms with Gasteiger partial charge in [0.1, 0.15) is 48.5 Å². The summed E-state index contributed by atoms with van der Waals surface area (Å²) < 4.78 is 110. The molecule has 2 aromatic heterocycles. The molecule has 0 fully saturated rings. The van der Waals surface area contributed by atoms with E-state index in [1.54, 1.807) is 78.9 Å². The summed E-state index contributed by atoms with van der Waals surface area (Å²) in [5, 5.41) is 9.21. The standard InChI is InChI=1S/C62H44N6O10S2.2Na/c69-79(70,71)58-45(35-34-40-16-2-1-3-17-40)36-37-62(59(58)80(72,73)74,67-60-63-54(75-50-30-12-22-41-18-4-8-26-46(41)50)38-55(64-60)76-51-31-13-23-42-19-5-9-27-47(42)51)68-61-65-56(77-52-32-14-24-43-20-6-10-28-48(43)52)39-57(66-61)78-53-33-15-25-44-21-7-11-29-49(44)53;;/h1-39,59H,(H,63,64,67)(H,65,66,68)(H,69,70,71)(H,72,73,74);;/q;2*+1/p-2. The van der Waals surface area contributed by atoms with Crippen LogP contribution in [0, 0.1) is 0 Å². The summed E-state index contributed by atoms with van der Waals surface area (Å²) in [6.45, 7) is 0. The van der Waals surface area contributed by atoms with E-state index in [1.165, 1.54) is 30.4 Å². The molecule has 0 spiro atoms. The van der Waals surface area contributed by atoms with Crippen molar-refractivity contribution in [2.75, 3.05) is 10.6 Å². The van der Waals surface area contributed by atoms with Crippen LogP contribution in [0.15, 0.2) is 241 Å². The van der Waals surface area contributed by atoms with E-state index in [0.717, 1.165) is 27.6 Å². The van der Waals surface area contributed by atoms with E-state index >= 15 is 0 Å². The third kappa shape index (κ3) is 12.4. The van der Waals surface area contributed by atoms with Gasteiger partial charge in [0.25, 0.3) is 0 Å². The average Bonchev–Trinajstić information content (AvgIpc) is 3.58. The molecule has 0 bridgehead atoms. The third-order valence-corrected chi connectivity index (χ3v) is 15.5. The van der Waals surface area contributed by atoms with Crippen LogP contribution in [0.2, 0.25) is 0 Å². The Labute approximate surface area is 515 Å². The van der Waals surface area contributed by atoms with E-state index in [-0.39, 0.29) is 82.6 Å². The summed E-state index contributed by atoms with van der Waals surface area (Å²) in [5.74, 6) is -0.0788. The van der Waals surface area contributed by atoms with Gasteiger partial charge in [-0.1, -0.05) is 194 Å². The number of ether oxygens (including phenoxy) is 4. The number of rotatable bonds is 16. The number of hydrogen-bond donors (Lipinski definition) is 2. The van der Waals surface area contributed by atoms with Gasteiger partial charge in [0.15, 0.2) is 5.66 Å². The predicted octanol–water partition coefficient (Wildman–Crippen LogP) is 7.27. The number of allylic oxidation sites excluding steroid dienone is 3. The van der Waals surface area contributed by atoms with Crippen LogP contribution in [-0.2, 0) is 20.2 Å². The molecule has 12 rings (SSSR count). The first-order chi connectivity index (χ1) is 38.8. The maximum absolute atomic E-state index is 14.3. The van der Waals surface area contributed by atoms with E-state index in [4.69, 9.17) is 18.9 Å². The Bertz CT molecular complexity index is 4120. The van der Waals surface area contributed by atoms with Crippen LogP contribution in [0.25, 0.3) is 49.2 Å². The molecule has 1 aliphatic carbocycles. The summed E-state index contributed by atoms with van der Waals surface area (Å²) in [4.78, 5) is 17.4. The fraction of sp³-hybridized carbons (Fsp3) is 0.0323. The van der Waals surface area contributed by atoms with Crippen molar-refractivity contribution in [3.8, 4) is 46.5 Å². The molecule has 0 radical (unpaired) electrons. The number of aromatic nitrogens is 4. The molecule has 9 aromatic carbocycles. The molecule has 1 atom stereocenters. The molecule has 16 nitrogen and oxygen atoms in total. The zero-order chi connectivity index (χ0) is 54.8. The van der Waals surface area contributed by atoms with Crippen LogP contribution in [0.5, 0.6) is 46.5 Å². The minimum atomic E-state index is -5.99. The van der Waals surface area contributed by atoms with Crippen LogP contribution < -0.4 is 88.7 Å². The normalized spacial score (nSPS) is 14.0. The van der Waals surface area contributed by atoms with Crippen LogP contribution >= 0.6 is 0 Å². The van der Waals surface area contributed by atoms with E-state index in [9.17, 15) is 25.9 Å². The molecule has 20 heteroatoms. The first-order valence-electron chi connectivity index (χ1n) is 24.9. The maximum Gasteiger partial charge on any atom is 1.00 e. The van der Waals surface area contributed by atoms with E-state index in [1.807, 2.05) is 121 Å². The third-order valence-electron chi connectivity index (χ3n) is 13.1. The SMILES string of the molecule is O=S(=O)([O-])C1=C(C=Cc2ccccc2)C=CC(Nc2nc(Oc3cccc4ccccc34)cc(Oc3cccc4ccccc34)n2)(Nc2nc(Oc3cccc4ccccc34)cc(Oc3cccc4ccccc34)n2)C1S(=O)(=O)[O-].[Na+].[Na+]. The van der Waals surface area contributed by atoms with Crippen molar-refractivity contribution in [2.45, 2.75) is 10.9 Å². The van der Waals surface area contributed by atoms with E-state index in [2.05, 4.69) is 30.6 Å². The molecule has 0 saturated heterocycles. The number of hydrogen-bond acceptors (Lipinski definition) is 16. The van der Waals surface area contributed by atoms with Crippen LogP contribution in [0.3, 0.4) is 0 Å². The van der Waals surface area contributed by atoms with Gasteiger partial charge in [-0.25, -0.2) is 16.8 Å². The monoisotopic (exact) mass is 1140 g/mol. The molecule has 11 aromatic rings. The second kappa shape index (κ2) is 24.2. The van der Waals surface area contributed by atoms with Crippen molar-refractivity contribution in [3.63, 3.8) is 0 Å². The maximum atomic E-state index is 14.3. The molecule has 0 amide bonds. The van der Waals surface area contributed by atoms with Gasteiger partial charge in [-0.05, 0) is 63.0 Å². The van der Waals surface area contributed by atoms with Gasteiger partial charge in [0.05, 0.1) is 17.0 Å². The first-order valence-corrected chi connectivity index (χ1v) is 27.7. The zero-order valence-electron chi connectivity index (χ0n) is 43.8. The van der Waals surface area contributed by atoms with Crippen molar-refractivity contribution in [1.82, 2.24) is 19.9 Å². The average molecular weight is 1140 g/mol. The molecular formula is C62H42N6Na2O10S2. The van der Waals surface area contributed by atoms with Gasteiger partial charge in [0, 0.05) is 21.5 Å². The molecule has 0 aliphatic heterocycles. The second-order valence-corrected chi connectivity index (χ2v) is 21.2. The fourth-order valence-electron chi connectivity index (χ4n) is 9.60. The van der Waals surface area contributed by atoms with E-state index in [0.29, 0.717) is 50.1 Å². The number of benzene rings is 9. The van der Waals surface area contributed by atoms with Crippen molar-refractivity contribution >= 4 is 81.3 Å². The Kier molecular flexibility index (Phi) is 16.9. The van der Waals surface area contributed by atoms with Crippen molar-refractivity contribution in [1.29, 1.82) is 0 Å². The molecule has 1 aliphatic rings. The summed E-state index contributed by atoms with van der Waals surface area (Å²) in [5.41, 5.74) is -2.60. The summed E-state index contributed by atoms with van der Waals surface area (Å²) in [7, 11) is -11.8. The largest absolute Gasteiger partial charge is 1.00 e. The molecular weight excluding hydrogens is 1100 g/mol. The first kappa shape index (κ1) is 57.3. The molecule has 2 heterocycles. The van der Waals surface area contributed by atoms with E-state index < -0.39 is 53.5 Å². The van der Waals surface area contributed by atoms with Gasteiger partial charge in [0.2, 0.25) is 35.4 Å². The summed E-state index contributed by atoms with van der Waals surface area (Å²) in [6.07, 6.45) is 5.04. The van der Waals surface area contributed by atoms with Crippen molar-refractivity contribution < 1.29 is 104 Å². The zero-order valence-corrected chi connectivity index (χ0v) is 49.4. The molecule has 82 heavy (non-hydrogen) atoms. The molecule has 0 saturated carbocycles. The van der Waals surface area contributed by atoms with Gasteiger partial charge in [-0.3, -0.25) is 0 Å². The molecule has 394 valence electrons. The number of nitrogens with zero attached hydrogens (tertiary/aromatic N) is 4. The minimum Gasteiger partial charge on any atom is -0.747 e. The quantitative estimate of drug-likeness (QED) is 0.0551. The predicted molar refractivity (Wildman–Crippen MR) is 305 cm³/mol.